The lowest BCUT2D eigenvalue weighted by atomic mass is 9.67. The summed E-state index contributed by atoms with van der Waals surface area (Å²) in [4.78, 5) is 22.5. The van der Waals surface area contributed by atoms with Gasteiger partial charge in [0.25, 0.3) is 0 Å². The molecule has 0 atom stereocenters. The lowest BCUT2D eigenvalue weighted by Crippen LogP contribution is -2.33. The molecule has 1 N–H and O–H groups in total. The zero-order chi connectivity index (χ0) is 16.5. The minimum absolute atomic E-state index is 0.0465. The van der Waals surface area contributed by atoms with Crippen LogP contribution < -0.4 is 5.32 Å². The number of unbranched alkanes of at least 4 members (excludes halogenated alkanes) is 1. The summed E-state index contributed by atoms with van der Waals surface area (Å²) in [6.07, 6.45) is 2.96. The molecule has 0 heterocycles. The van der Waals surface area contributed by atoms with Gasteiger partial charge in [0.05, 0.1) is 6.61 Å². The second-order valence-electron chi connectivity index (χ2n) is 7.02. The number of carbonyl (C=O) groups is 2. The highest BCUT2D eigenvalue weighted by Crippen LogP contribution is 2.41. The van der Waals surface area contributed by atoms with Gasteiger partial charge < -0.3 is 14.8 Å². The standard InChI is InChI=1S/C16H31NO4/c1-15(2,3)16(4,5)9-7-8-10-21-14(19)11-17-13(18)12-20-6/h7-12H2,1-6H3,(H,17,18). The van der Waals surface area contributed by atoms with Crippen molar-refractivity contribution in [2.45, 2.75) is 53.9 Å². The fourth-order valence-corrected chi connectivity index (χ4v) is 1.63. The summed E-state index contributed by atoms with van der Waals surface area (Å²) in [6, 6.07) is 0. The van der Waals surface area contributed by atoms with Gasteiger partial charge in [-0.1, -0.05) is 34.6 Å². The molecule has 124 valence electrons. The molecular weight excluding hydrogens is 270 g/mol. The van der Waals surface area contributed by atoms with Gasteiger partial charge in [0, 0.05) is 7.11 Å². The quantitative estimate of drug-likeness (QED) is 0.525. The Hall–Kier alpha value is -1.10. The van der Waals surface area contributed by atoms with E-state index in [2.05, 4.69) is 44.7 Å². The molecule has 0 aromatic rings. The summed E-state index contributed by atoms with van der Waals surface area (Å²) >= 11 is 0. The third kappa shape index (κ3) is 8.71. The first kappa shape index (κ1) is 19.9. The Morgan fingerprint density at radius 3 is 2.19 bits per heavy atom. The maximum Gasteiger partial charge on any atom is 0.325 e. The zero-order valence-electron chi connectivity index (χ0n) is 14.4. The average molecular weight is 301 g/mol. The summed E-state index contributed by atoms with van der Waals surface area (Å²) < 4.78 is 9.72. The number of amides is 1. The summed E-state index contributed by atoms with van der Waals surface area (Å²) in [5.41, 5.74) is 0.514. The van der Waals surface area contributed by atoms with Gasteiger partial charge in [0.15, 0.2) is 0 Å². The van der Waals surface area contributed by atoms with Crippen molar-refractivity contribution in [1.82, 2.24) is 5.32 Å². The van der Waals surface area contributed by atoms with E-state index in [9.17, 15) is 9.59 Å². The van der Waals surface area contributed by atoms with Crippen molar-refractivity contribution in [2.24, 2.45) is 10.8 Å². The summed E-state index contributed by atoms with van der Waals surface area (Å²) in [5.74, 6) is -0.726. The van der Waals surface area contributed by atoms with E-state index < -0.39 is 5.97 Å². The van der Waals surface area contributed by atoms with Gasteiger partial charge in [-0.2, -0.15) is 0 Å². The van der Waals surface area contributed by atoms with Crippen molar-refractivity contribution in [3.05, 3.63) is 0 Å². The molecule has 0 aromatic heterocycles. The zero-order valence-corrected chi connectivity index (χ0v) is 14.4. The SMILES string of the molecule is COCC(=O)NCC(=O)OCCCCC(C)(C)C(C)(C)C. The highest BCUT2D eigenvalue weighted by atomic mass is 16.5. The van der Waals surface area contributed by atoms with Crippen LogP contribution in [0.2, 0.25) is 0 Å². The second-order valence-corrected chi connectivity index (χ2v) is 7.02. The van der Waals surface area contributed by atoms with Gasteiger partial charge in [-0.05, 0) is 30.1 Å². The molecule has 0 unspecified atom stereocenters. The molecule has 0 aliphatic heterocycles. The van der Waals surface area contributed by atoms with E-state index in [-0.39, 0.29) is 29.9 Å². The fourth-order valence-electron chi connectivity index (χ4n) is 1.63. The van der Waals surface area contributed by atoms with Crippen molar-refractivity contribution >= 4 is 11.9 Å². The van der Waals surface area contributed by atoms with Crippen LogP contribution in [-0.4, -0.2) is 38.7 Å². The maximum atomic E-state index is 11.4. The Kier molecular flexibility index (Phi) is 8.55. The lowest BCUT2D eigenvalue weighted by Gasteiger charge is -2.39. The minimum atomic E-state index is -0.408. The van der Waals surface area contributed by atoms with Crippen LogP contribution in [0.25, 0.3) is 0 Å². The largest absolute Gasteiger partial charge is 0.464 e. The van der Waals surface area contributed by atoms with Gasteiger partial charge in [0.2, 0.25) is 5.91 Å². The summed E-state index contributed by atoms with van der Waals surface area (Å²) in [7, 11) is 1.43. The Bertz CT molecular complexity index is 332. The van der Waals surface area contributed by atoms with E-state index in [1.54, 1.807) is 0 Å². The number of rotatable bonds is 9. The number of nitrogens with one attached hydrogen (secondary N) is 1. The molecule has 0 spiro atoms. The normalized spacial score (nSPS) is 12.1. The van der Waals surface area contributed by atoms with Crippen LogP contribution in [0.5, 0.6) is 0 Å². The number of hydrogen-bond acceptors (Lipinski definition) is 4. The lowest BCUT2D eigenvalue weighted by molar-refractivity contribution is -0.144. The smallest absolute Gasteiger partial charge is 0.325 e. The number of ether oxygens (including phenoxy) is 2. The molecule has 21 heavy (non-hydrogen) atoms. The Morgan fingerprint density at radius 2 is 1.67 bits per heavy atom. The van der Waals surface area contributed by atoms with Crippen LogP contribution in [0.15, 0.2) is 0 Å². The summed E-state index contributed by atoms with van der Waals surface area (Å²) in [6.45, 7) is 11.5. The number of carbonyl (C=O) groups excluding carboxylic acids is 2. The molecule has 0 saturated heterocycles. The molecule has 1 amide bonds. The van der Waals surface area contributed by atoms with E-state index in [1.807, 2.05) is 0 Å². The van der Waals surface area contributed by atoms with Gasteiger partial charge >= 0.3 is 5.97 Å². The van der Waals surface area contributed by atoms with Crippen molar-refractivity contribution in [3.8, 4) is 0 Å². The van der Waals surface area contributed by atoms with Crippen LogP contribution in [0.3, 0.4) is 0 Å². The highest BCUT2D eigenvalue weighted by Gasteiger charge is 2.31. The average Bonchev–Trinajstić information content (AvgIpc) is 2.35. The number of hydrogen-bond donors (Lipinski definition) is 1. The van der Waals surface area contributed by atoms with Gasteiger partial charge in [-0.3, -0.25) is 9.59 Å². The molecule has 0 rings (SSSR count). The van der Waals surface area contributed by atoms with Crippen LogP contribution in [0.4, 0.5) is 0 Å². The Morgan fingerprint density at radius 1 is 1.05 bits per heavy atom. The first-order valence-electron chi connectivity index (χ1n) is 7.51. The van der Waals surface area contributed by atoms with Crippen molar-refractivity contribution in [1.29, 1.82) is 0 Å². The van der Waals surface area contributed by atoms with Crippen LogP contribution in [0.1, 0.15) is 53.9 Å². The van der Waals surface area contributed by atoms with Crippen LogP contribution >= 0.6 is 0 Å². The monoisotopic (exact) mass is 301 g/mol. The molecule has 0 bridgehead atoms. The van der Waals surface area contributed by atoms with Gasteiger partial charge in [-0.25, -0.2) is 0 Å². The second kappa shape index (κ2) is 9.03. The predicted octanol–water partition coefficient (Wildman–Crippen LogP) is 2.53. The van der Waals surface area contributed by atoms with Crippen molar-refractivity contribution in [3.63, 3.8) is 0 Å². The minimum Gasteiger partial charge on any atom is -0.464 e. The Labute approximate surface area is 128 Å². The molecule has 5 heteroatoms. The molecular formula is C16H31NO4. The highest BCUT2D eigenvalue weighted by molar-refractivity contribution is 5.82. The molecule has 0 saturated carbocycles. The molecule has 0 radical (unpaired) electrons. The van der Waals surface area contributed by atoms with E-state index in [1.165, 1.54) is 7.11 Å². The van der Waals surface area contributed by atoms with Crippen LogP contribution in [0, 0.1) is 10.8 Å². The van der Waals surface area contributed by atoms with Crippen molar-refractivity contribution < 1.29 is 19.1 Å². The third-order valence-corrected chi connectivity index (χ3v) is 4.19. The number of esters is 1. The van der Waals surface area contributed by atoms with Crippen molar-refractivity contribution in [2.75, 3.05) is 26.9 Å². The predicted molar refractivity (Wildman–Crippen MR) is 82.9 cm³/mol. The van der Waals surface area contributed by atoms with Gasteiger partial charge in [0.1, 0.15) is 13.2 Å². The van der Waals surface area contributed by atoms with E-state index in [0.717, 1.165) is 19.3 Å². The number of methoxy groups -OCH3 is 1. The first-order chi connectivity index (χ1) is 9.60. The first-order valence-corrected chi connectivity index (χ1v) is 7.51. The van der Waals surface area contributed by atoms with Gasteiger partial charge in [-0.15, -0.1) is 0 Å². The molecule has 0 aliphatic carbocycles. The van der Waals surface area contributed by atoms with Crippen LogP contribution in [-0.2, 0) is 19.1 Å². The third-order valence-electron chi connectivity index (χ3n) is 4.19. The van der Waals surface area contributed by atoms with E-state index >= 15 is 0 Å². The molecule has 0 fully saturated rings. The molecule has 0 aromatic carbocycles. The fraction of sp³-hybridized carbons (Fsp3) is 0.875. The Balaban J connectivity index is 3.72. The maximum absolute atomic E-state index is 11.4. The van der Waals surface area contributed by atoms with E-state index in [0.29, 0.717) is 6.61 Å². The van der Waals surface area contributed by atoms with E-state index in [4.69, 9.17) is 4.74 Å². The molecule has 5 nitrogen and oxygen atoms in total. The summed E-state index contributed by atoms with van der Waals surface area (Å²) in [5, 5.41) is 2.43. The molecule has 0 aliphatic rings. The topological polar surface area (TPSA) is 64.6 Å².